The first-order valence-corrected chi connectivity index (χ1v) is 10.1. The Hall–Kier alpha value is -1.89. The van der Waals surface area contributed by atoms with Crippen LogP contribution in [0.25, 0.3) is 0 Å². The molecule has 0 N–H and O–H groups in total. The molecule has 2 bridgehead atoms. The Balaban J connectivity index is 1.50. The Morgan fingerprint density at radius 2 is 1.75 bits per heavy atom. The van der Waals surface area contributed by atoms with Crippen molar-refractivity contribution < 1.29 is 14.3 Å². The number of carbonyl (C=O) groups excluding carboxylic acids is 2. The lowest BCUT2D eigenvalue weighted by molar-refractivity contribution is -0.124. The van der Waals surface area contributed by atoms with E-state index in [9.17, 15) is 9.59 Å². The van der Waals surface area contributed by atoms with Gasteiger partial charge in [0, 0.05) is 10.0 Å². The zero-order valence-electron chi connectivity index (χ0n) is 15.5. The summed E-state index contributed by atoms with van der Waals surface area (Å²) in [5.41, 5.74) is 2.87. The SMILES string of the molecule is Cc1nn(Cc2ccc(Cl)cc2Cl)c(C)c1N1C(=O)[C@@H]2[C@H](C1=O)[C@H]1CC[C@H]2O1. The summed E-state index contributed by atoms with van der Waals surface area (Å²) in [5, 5.41) is 5.70. The molecule has 5 rings (SSSR count). The second-order valence-corrected chi connectivity index (χ2v) is 8.61. The highest BCUT2D eigenvalue weighted by Crippen LogP contribution is 2.50. The van der Waals surface area contributed by atoms with Crippen LogP contribution in [0.1, 0.15) is 29.8 Å². The number of benzene rings is 1. The van der Waals surface area contributed by atoms with Crippen molar-refractivity contribution in [1.29, 1.82) is 0 Å². The first-order chi connectivity index (χ1) is 13.4. The molecule has 0 spiro atoms. The van der Waals surface area contributed by atoms with Crippen LogP contribution in [0.2, 0.25) is 10.0 Å². The third-order valence-electron chi connectivity index (χ3n) is 6.19. The maximum atomic E-state index is 13.1. The summed E-state index contributed by atoms with van der Waals surface area (Å²) in [6, 6.07) is 5.32. The molecule has 2 amide bonds. The van der Waals surface area contributed by atoms with Crippen molar-refractivity contribution in [2.45, 2.75) is 45.4 Å². The molecule has 4 atom stereocenters. The van der Waals surface area contributed by atoms with Crippen LogP contribution < -0.4 is 4.90 Å². The minimum Gasteiger partial charge on any atom is -0.373 e. The maximum absolute atomic E-state index is 13.1. The monoisotopic (exact) mass is 419 g/mol. The van der Waals surface area contributed by atoms with Crippen LogP contribution in [0.4, 0.5) is 5.69 Å². The molecule has 0 saturated carbocycles. The molecule has 1 aromatic carbocycles. The van der Waals surface area contributed by atoms with Gasteiger partial charge in [0.05, 0.1) is 47.7 Å². The topological polar surface area (TPSA) is 64.4 Å². The van der Waals surface area contributed by atoms with Crippen molar-refractivity contribution in [2.24, 2.45) is 11.8 Å². The summed E-state index contributed by atoms with van der Waals surface area (Å²) in [4.78, 5) is 27.6. The van der Waals surface area contributed by atoms with Crippen LogP contribution in [0, 0.1) is 25.7 Å². The zero-order valence-corrected chi connectivity index (χ0v) is 17.0. The molecular weight excluding hydrogens is 401 g/mol. The maximum Gasteiger partial charge on any atom is 0.240 e. The van der Waals surface area contributed by atoms with Crippen LogP contribution in [0.15, 0.2) is 18.2 Å². The van der Waals surface area contributed by atoms with Crippen LogP contribution in [0.5, 0.6) is 0 Å². The van der Waals surface area contributed by atoms with Gasteiger partial charge in [-0.25, -0.2) is 4.90 Å². The number of ether oxygens (including phenoxy) is 1. The fourth-order valence-corrected chi connectivity index (χ4v) is 5.38. The van der Waals surface area contributed by atoms with E-state index < -0.39 is 0 Å². The normalized spacial score (nSPS) is 28.5. The van der Waals surface area contributed by atoms with E-state index in [0.29, 0.717) is 28.0 Å². The molecule has 0 aliphatic carbocycles. The number of aryl methyl sites for hydroxylation is 1. The molecule has 8 heteroatoms. The number of amides is 2. The Bertz CT molecular complexity index is 990. The molecule has 3 aliphatic heterocycles. The fourth-order valence-electron chi connectivity index (χ4n) is 4.91. The number of nitrogens with zero attached hydrogens (tertiary/aromatic N) is 3. The van der Waals surface area contributed by atoms with E-state index in [4.69, 9.17) is 27.9 Å². The number of rotatable bonds is 3. The van der Waals surface area contributed by atoms with Crippen molar-refractivity contribution >= 4 is 40.7 Å². The van der Waals surface area contributed by atoms with E-state index >= 15 is 0 Å². The minimum absolute atomic E-state index is 0.125. The molecule has 3 aliphatic rings. The van der Waals surface area contributed by atoms with Gasteiger partial charge in [0.1, 0.15) is 0 Å². The molecule has 0 unspecified atom stereocenters. The predicted molar refractivity (Wildman–Crippen MR) is 105 cm³/mol. The average molecular weight is 420 g/mol. The lowest BCUT2D eigenvalue weighted by Gasteiger charge is -2.18. The lowest BCUT2D eigenvalue weighted by Crippen LogP contribution is -2.35. The van der Waals surface area contributed by atoms with Crippen molar-refractivity contribution in [1.82, 2.24) is 9.78 Å². The molecule has 3 saturated heterocycles. The predicted octanol–water partition coefficient (Wildman–Crippen LogP) is 3.52. The van der Waals surface area contributed by atoms with Gasteiger partial charge in [-0.2, -0.15) is 5.10 Å². The van der Waals surface area contributed by atoms with E-state index in [1.165, 1.54) is 4.90 Å². The Kier molecular flexibility index (Phi) is 4.09. The Labute approximate surface area is 172 Å². The fraction of sp³-hybridized carbons (Fsp3) is 0.450. The Morgan fingerprint density at radius 3 is 2.36 bits per heavy atom. The molecule has 6 nitrogen and oxygen atoms in total. The largest absolute Gasteiger partial charge is 0.373 e. The van der Waals surface area contributed by atoms with Gasteiger partial charge in [0.15, 0.2) is 0 Å². The zero-order chi connectivity index (χ0) is 19.7. The molecular formula is C20H19Cl2N3O3. The highest BCUT2D eigenvalue weighted by atomic mass is 35.5. The average Bonchev–Trinajstić information content (AvgIpc) is 3.37. The van der Waals surface area contributed by atoms with E-state index in [0.717, 1.165) is 24.1 Å². The van der Waals surface area contributed by atoms with Crippen LogP contribution >= 0.6 is 23.2 Å². The summed E-state index contributed by atoms with van der Waals surface area (Å²) in [6.45, 7) is 4.13. The summed E-state index contributed by atoms with van der Waals surface area (Å²) >= 11 is 12.3. The minimum atomic E-state index is -0.348. The summed E-state index contributed by atoms with van der Waals surface area (Å²) in [7, 11) is 0. The molecule has 4 heterocycles. The molecule has 2 aromatic rings. The first-order valence-electron chi connectivity index (χ1n) is 9.38. The van der Waals surface area contributed by atoms with Gasteiger partial charge >= 0.3 is 0 Å². The number of aromatic nitrogens is 2. The van der Waals surface area contributed by atoms with Crippen molar-refractivity contribution in [3.63, 3.8) is 0 Å². The van der Waals surface area contributed by atoms with E-state index in [1.54, 1.807) is 16.8 Å². The van der Waals surface area contributed by atoms with Crippen molar-refractivity contribution in [2.75, 3.05) is 4.90 Å². The smallest absolute Gasteiger partial charge is 0.240 e. The van der Waals surface area contributed by atoms with Gasteiger partial charge in [-0.1, -0.05) is 29.3 Å². The van der Waals surface area contributed by atoms with Crippen LogP contribution in [0.3, 0.4) is 0 Å². The van der Waals surface area contributed by atoms with Gasteiger partial charge in [0.25, 0.3) is 0 Å². The lowest BCUT2D eigenvalue weighted by atomic mass is 9.81. The highest BCUT2D eigenvalue weighted by Gasteiger charge is 2.63. The number of halogens is 2. The highest BCUT2D eigenvalue weighted by molar-refractivity contribution is 6.35. The number of hydrogen-bond acceptors (Lipinski definition) is 4. The second kappa shape index (κ2) is 6.31. The van der Waals surface area contributed by atoms with E-state index in [1.807, 2.05) is 19.9 Å². The van der Waals surface area contributed by atoms with Gasteiger partial charge in [-0.3, -0.25) is 14.3 Å². The number of carbonyl (C=O) groups is 2. The van der Waals surface area contributed by atoms with Gasteiger partial charge in [0.2, 0.25) is 11.8 Å². The molecule has 0 radical (unpaired) electrons. The summed E-state index contributed by atoms with van der Waals surface area (Å²) in [5.74, 6) is -1.01. The van der Waals surface area contributed by atoms with Gasteiger partial charge in [-0.05, 0) is 44.4 Å². The number of imide groups is 1. The van der Waals surface area contributed by atoms with Gasteiger partial charge < -0.3 is 4.74 Å². The molecule has 146 valence electrons. The number of anilines is 1. The van der Waals surface area contributed by atoms with Crippen LogP contribution in [-0.4, -0.2) is 33.8 Å². The number of hydrogen-bond donors (Lipinski definition) is 0. The summed E-state index contributed by atoms with van der Waals surface area (Å²) < 4.78 is 7.59. The van der Waals surface area contributed by atoms with Crippen molar-refractivity contribution in [3.8, 4) is 0 Å². The van der Waals surface area contributed by atoms with Crippen LogP contribution in [-0.2, 0) is 20.9 Å². The quantitative estimate of drug-likeness (QED) is 0.713. The first kappa shape index (κ1) is 18.2. The third kappa shape index (κ3) is 2.48. The summed E-state index contributed by atoms with van der Waals surface area (Å²) in [6.07, 6.45) is 1.45. The standard InChI is InChI=1S/C20H19Cl2N3O3/c1-9-18(10(2)24(23-9)8-11-3-4-12(21)7-13(11)22)25-19(26)16-14-5-6-15(28-14)17(16)20(25)27/h3-4,7,14-17H,5-6,8H2,1-2H3/t14-,15-,16-,17+/m1/s1. The second-order valence-electron chi connectivity index (χ2n) is 7.77. The van der Waals surface area contributed by atoms with Crippen molar-refractivity contribution in [3.05, 3.63) is 45.2 Å². The van der Waals surface area contributed by atoms with Gasteiger partial charge in [-0.15, -0.1) is 0 Å². The third-order valence-corrected chi connectivity index (χ3v) is 6.77. The Morgan fingerprint density at radius 1 is 1.11 bits per heavy atom. The van der Waals surface area contributed by atoms with E-state index in [2.05, 4.69) is 5.10 Å². The van der Waals surface area contributed by atoms with E-state index in [-0.39, 0.29) is 35.9 Å². The molecule has 28 heavy (non-hydrogen) atoms. The molecule has 3 fully saturated rings. The molecule has 1 aromatic heterocycles. The number of fused-ring (bicyclic) bond motifs is 5.